The van der Waals surface area contributed by atoms with Crippen molar-refractivity contribution in [2.75, 3.05) is 25.5 Å². The topological polar surface area (TPSA) is 92.1 Å². The Bertz CT molecular complexity index is 694. The lowest BCUT2D eigenvalue weighted by Crippen LogP contribution is -2.43. The molecule has 2 aromatic rings. The van der Waals surface area contributed by atoms with E-state index in [1.807, 2.05) is 7.05 Å². The van der Waals surface area contributed by atoms with E-state index in [-0.39, 0.29) is 0 Å². The largest absolute Gasteiger partial charge is 0.368 e. The van der Waals surface area contributed by atoms with E-state index < -0.39 is 0 Å². The summed E-state index contributed by atoms with van der Waals surface area (Å²) in [4.78, 5) is 12.8. The molecule has 3 N–H and O–H groups in total. The molecule has 26 heavy (non-hydrogen) atoms. The van der Waals surface area contributed by atoms with Gasteiger partial charge in [0, 0.05) is 33.2 Å². The SMILES string of the molecule is CCCCCCC(C)NC(=NC)NCCNc1ncnc2c1cnn2C. The number of guanidine groups is 1. The first kappa shape index (κ1) is 19.9. The highest BCUT2D eigenvalue weighted by Crippen LogP contribution is 2.17. The molecular weight excluding hydrogens is 328 g/mol. The predicted molar refractivity (Wildman–Crippen MR) is 108 cm³/mol. The quantitative estimate of drug-likeness (QED) is 0.342. The molecule has 0 aliphatic heterocycles. The minimum Gasteiger partial charge on any atom is -0.368 e. The third kappa shape index (κ3) is 5.86. The fourth-order valence-electron chi connectivity index (χ4n) is 2.84. The van der Waals surface area contributed by atoms with E-state index in [1.54, 1.807) is 24.3 Å². The van der Waals surface area contributed by atoms with Crippen LogP contribution in [0.5, 0.6) is 0 Å². The molecule has 0 aliphatic carbocycles. The number of aryl methyl sites for hydroxylation is 1. The van der Waals surface area contributed by atoms with Crippen molar-refractivity contribution in [2.45, 2.75) is 52.0 Å². The number of aliphatic imine (C=N–C) groups is 1. The monoisotopic (exact) mass is 360 g/mol. The highest BCUT2D eigenvalue weighted by atomic mass is 15.3. The van der Waals surface area contributed by atoms with Gasteiger partial charge in [0.25, 0.3) is 0 Å². The van der Waals surface area contributed by atoms with Gasteiger partial charge in [0.05, 0.1) is 11.6 Å². The number of unbranched alkanes of at least 4 members (excludes halogenated alkanes) is 3. The summed E-state index contributed by atoms with van der Waals surface area (Å²) in [5.41, 5.74) is 0.824. The maximum atomic E-state index is 4.31. The van der Waals surface area contributed by atoms with Gasteiger partial charge in [0.15, 0.2) is 11.6 Å². The van der Waals surface area contributed by atoms with Crippen LogP contribution in [0.1, 0.15) is 46.0 Å². The van der Waals surface area contributed by atoms with Crippen LogP contribution >= 0.6 is 0 Å². The minimum absolute atomic E-state index is 0.419. The number of rotatable bonds is 10. The van der Waals surface area contributed by atoms with Crippen LogP contribution in [0, 0.1) is 0 Å². The van der Waals surface area contributed by atoms with Crippen molar-refractivity contribution in [3.63, 3.8) is 0 Å². The zero-order valence-electron chi connectivity index (χ0n) is 16.4. The first-order chi connectivity index (χ1) is 12.7. The van der Waals surface area contributed by atoms with Crippen molar-refractivity contribution in [1.29, 1.82) is 0 Å². The molecule has 8 heteroatoms. The Morgan fingerprint density at radius 3 is 2.85 bits per heavy atom. The number of aromatic nitrogens is 4. The Morgan fingerprint density at radius 2 is 2.08 bits per heavy atom. The second-order valence-electron chi connectivity index (χ2n) is 6.55. The van der Waals surface area contributed by atoms with Gasteiger partial charge in [-0.1, -0.05) is 32.6 Å². The van der Waals surface area contributed by atoms with E-state index in [2.05, 4.69) is 49.9 Å². The number of hydrogen-bond donors (Lipinski definition) is 3. The average molecular weight is 361 g/mol. The molecule has 0 saturated heterocycles. The molecule has 0 bridgehead atoms. The van der Waals surface area contributed by atoms with Gasteiger partial charge in [-0.25, -0.2) is 9.97 Å². The highest BCUT2D eigenvalue weighted by Gasteiger charge is 2.08. The molecule has 0 spiro atoms. The zero-order valence-corrected chi connectivity index (χ0v) is 16.4. The molecule has 0 aromatic carbocycles. The van der Waals surface area contributed by atoms with E-state index in [0.29, 0.717) is 6.04 Å². The van der Waals surface area contributed by atoms with Crippen LogP contribution in [0.15, 0.2) is 17.5 Å². The molecule has 2 heterocycles. The van der Waals surface area contributed by atoms with Crippen LogP contribution in [0.4, 0.5) is 5.82 Å². The summed E-state index contributed by atoms with van der Waals surface area (Å²) < 4.78 is 1.74. The second kappa shape index (κ2) is 10.6. The summed E-state index contributed by atoms with van der Waals surface area (Å²) >= 11 is 0. The van der Waals surface area contributed by atoms with E-state index in [0.717, 1.165) is 35.9 Å². The van der Waals surface area contributed by atoms with Gasteiger partial charge < -0.3 is 16.0 Å². The molecule has 2 rings (SSSR count). The van der Waals surface area contributed by atoms with Crippen LogP contribution in [-0.2, 0) is 7.05 Å². The molecule has 8 nitrogen and oxygen atoms in total. The third-order valence-corrected chi connectivity index (χ3v) is 4.34. The molecule has 2 aromatic heterocycles. The van der Waals surface area contributed by atoms with Crippen molar-refractivity contribution in [2.24, 2.45) is 12.0 Å². The molecule has 0 aliphatic rings. The van der Waals surface area contributed by atoms with E-state index >= 15 is 0 Å². The molecule has 0 amide bonds. The van der Waals surface area contributed by atoms with Crippen LogP contribution < -0.4 is 16.0 Å². The maximum Gasteiger partial charge on any atom is 0.191 e. The lowest BCUT2D eigenvalue weighted by Gasteiger charge is -2.18. The van der Waals surface area contributed by atoms with E-state index in [4.69, 9.17) is 0 Å². The number of hydrogen-bond acceptors (Lipinski definition) is 5. The zero-order chi connectivity index (χ0) is 18.8. The van der Waals surface area contributed by atoms with Gasteiger partial charge >= 0.3 is 0 Å². The Hall–Kier alpha value is -2.38. The summed E-state index contributed by atoms with van der Waals surface area (Å²) in [6.07, 6.45) is 9.66. The summed E-state index contributed by atoms with van der Waals surface area (Å²) in [5.74, 6) is 1.64. The first-order valence-electron chi connectivity index (χ1n) is 9.49. The van der Waals surface area contributed by atoms with Gasteiger partial charge in [-0.05, 0) is 13.3 Å². The molecule has 144 valence electrons. The third-order valence-electron chi connectivity index (χ3n) is 4.34. The summed E-state index contributed by atoms with van der Waals surface area (Å²) in [5, 5.41) is 15.3. The van der Waals surface area contributed by atoms with Gasteiger partial charge in [0.2, 0.25) is 0 Å². The van der Waals surface area contributed by atoms with E-state index in [9.17, 15) is 0 Å². The Morgan fingerprint density at radius 1 is 1.23 bits per heavy atom. The fourth-order valence-corrected chi connectivity index (χ4v) is 2.84. The van der Waals surface area contributed by atoms with Crippen LogP contribution in [0.25, 0.3) is 11.0 Å². The summed E-state index contributed by atoms with van der Waals surface area (Å²) in [7, 11) is 3.68. The number of fused-ring (bicyclic) bond motifs is 1. The lowest BCUT2D eigenvalue weighted by molar-refractivity contribution is 0.537. The molecule has 1 atom stereocenters. The van der Waals surface area contributed by atoms with E-state index in [1.165, 1.54) is 32.1 Å². The molecule has 0 saturated carbocycles. The first-order valence-corrected chi connectivity index (χ1v) is 9.49. The van der Waals surface area contributed by atoms with Crippen molar-refractivity contribution in [3.8, 4) is 0 Å². The maximum absolute atomic E-state index is 4.31. The summed E-state index contributed by atoms with van der Waals surface area (Å²) in [6.45, 7) is 5.92. The van der Waals surface area contributed by atoms with Gasteiger partial charge in [-0.3, -0.25) is 9.67 Å². The number of anilines is 1. The van der Waals surface area contributed by atoms with Crippen molar-refractivity contribution in [1.82, 2.24) is 30.4 Å². The average Bonchev–Trinajstić information content (AvgIpc) is 3.03. The van der Waals surface area contributed by atoms with Crippen LogP contribution in [-0.4, -0.2) is 51.9 Å². The van der Waals surface area contributed by atoms with Gasteiger partial charge in [-0.2, -0.15) is 5.10 Å². The molecule has 0 fully saturated rings. The summed E-state index contributed by atoms with van der Waals surface area (Å²) in [6, 6.07) is 0.419. The second-order valence-corrected chi connectivity index (χ2v) is 6.55. The van der Waals surface area contributed by atoms with Crippen LogP contribution in [0.3, 0.4) is 0 Å². The number of nitrogens with one attached hydrogen (secondary N) is 3. The van der Waals surface area contributed by atoms with Crippen molar-refractivity contribution < 1.29 is 0 Å². The van der Waals surface area contributed by atoms with Gasteiger partial charge in [-0.15, -0.1) is 0 Å². The fraction of sp³-hybridized carbons (Fsp3) is 0.667. The van der Waals surface area contributed by atoms with Crippen LogP contribution in [0.2, 0.25) is 0 Å². The normalized spacial score (nSPS) is 13.0. The highest BCUT2D eigenvalue weighted by molar-refractivity contribution is 5.86. The Labute approximate surface area is 155 Å². The smallest absolute Gasteiger partial charge is 0.191 e. The molecular formula is C18H32N8. The van der Waals surface area contributed by atoms with Gasteiger partial charge in [0.1, 0.15) is 12.1 Å². The molecule has 1 unspecified atom stereocenters. The van der Waals surface area contributed by atoms with Crippen molar-refractivity contribution >= 4 is 22.8 Å². The lowest BCUT2D eigenvalue weighted by atomic mass is 10.1. The molecule has 0 radical (unpaired) electrons. The Kier molecular flexibility index (Phi) is 8.11. The number of nitrogens with zero attached hydrogens (tertiary/aromatic N) is 5. The Balaban J connectivity index is 1.72. The predicted octanol–water partition coefficient (Wildman–Crippen LogP) is 2.30. The minimum atomic E-state index is 0.419. The standard InChI is InChI=1S/C18H32N8/c1-5-6-7-8-9-14(2)25-18(19-3)21-11-10-20-16-15-12-24-26(4)17(15)23-13-22-16/h12-14H,5-11H2,1-4H3,(H2,19,21,25)(H,20,22,23). The van der Waals surface area contributed by atoms with Crippen molar-refractivity contribution in [3.05, 3.63) is 12.5 Å².